The lowest BCUT2D eigenvalue weighted by molar-refractivity contribution is 0.102. The first-order valence-electron chi connectivity index (χ1n) is 5.61. The molecule has 0 heterocycles. The lowest BCUT2D eigenvalue weighted by atomic mass is 10.1. The molecule has 0 aliphatic heterocycles. The predicted molar refractivity (Wildman–Crippen MR) is 76.6 cm³/mol. The number of carbonyl (C=O) groups excluding carboxylic acids is 1. The molecule has 0 spiro atoms. The summed E-state index contributed by atoms with van der Waals surface area (Å²) in [4.78, 5) is 12.0. The van der Waals surface area contributed by atoms with Crippen LogP contribution >= 0.6 is 11.6 Å². The number of nitrogens with two attached hydrogens (primary N) is 1. The summed E-state index contributed by atoms with van der Waals surface area (Å²) in [6.45, 7) is 0. The molecule has 0 fully saturated rings. The van der Waals surface area contributed by atoms with E-state index in [0.29, 0.717) is 11.3 Å². The number of para-hydroxylation sites is 1. The van der Waals surface area contributed by atoms with E-state index in [1.807, 2.05) is 6.07 Å². The highest BCUT2D eigenvalue weighted by atomic mass is 35.5. The van der Waals surface area contributed by atoms with E-state index >= 15 is 0 Å². The van der Waals surface area contributed by atoms with Gasteiger partial charge in [0, 0.05) is 0 Å². The van der Waals surface area contributed by atoms with Gasteiger partial charge in [0.05, 0.1) is 33.6 Å². The number of nitrogen functional groups attached to an aromatic ring is 1. The maximum absolute atomic E-state index is 12.0. The fraction of sp³-hybridized carbons (Fsp3) is 0. The number of phenols is 1. The average Bonchev–Trinajstić information content (AvgIpc) is 2.44. The van der Waals surface area contributed by atoms with Crippen molar-refractivity contribution in [2.45, 2.75) is 0 Å². The van der Waals surface area contributed by atoms with Gasteiger partial charge in [0.25, 0.3) is 5.91 Å². The third-order valence-corrected chi connectivity index (χ3v) is 2.97. The van der Waals surface area contributed by atoms with Crippen molar-refractivity contribution in [2.75, 3.05) is 11.1 Å². The second-order valence-electron chi connectivity index (χ2n) is 4.00. The molecular formula is C14H10ClN3O2. The number of anilines is 2. The van der Waals surface area contributed by atoms with Gasteiger partial charge in [-0.2, -0.15) is 5.26 Å². The van der Waals surface area contributed by atoms with Crippen molar-refractivity contribution < 1.29 is 9.90 Å². The molecule has 0 saturated carbocycles. The second kappa shape index (κ2) is 5.51. The highest BCUT2D eigenvalue weighted by Gasteiger charge is 2.14. The lowest BCUT2D eigenvalue weighted by Gasteiger charge is -2.09. The molecule has 0 saturated heterocycles. The van der Waals surface area contributed by atoms with Crippen LogP contribution in [-0.4, -0.2) is 11.0 Å². The van der Waals surface area contributed by atoms with Crippen molar-refractivity contribution in [3.8, 4) is 11.8 Å². The molecule has 6 heteroatoms. The average molecular weight is 288 g/mol. The number of nitriles is 1. The maximum atomic E-state index is 12.0. The Labute approximate surface area is 120 Å². The van der Waals surface area contributed by atoms with E-state index in [-0.39, 0.29) is 22.0 Å². The summed E-state index contributed by atoms with van der Waals surface area (Å²) in [6.07, 6.45) is 0. The number of amides is 1. The number of carbonyl (C=O) groups is 1. The first kappa shape index (κ1) is 13.7. The molecule has 0 radical (unpaired) electrons. The smallest absolute Gasteiger partial charge is 0.259 e. The zero-order valence-electron chi connectivity index (χ0n) is 10.2. The monoisotopic (exact) mass is 287 g/mol. The SMILES string of the molecule is N#Cc1ccc(NC(=O)c2cccc(N)c2O)c(Cl)c1. The van der Waals surface area contributed by atoms with E-state index < -0.39 is 5.91 Å². The molecular weight excluding hydrogens is 278 g/mol. The summed E-state index contributed by atoms with van der Waals surface area (Å²) in [5.41, 5.74) is 6.42. The predicted octanol–water partition coefficient (Wildman–Crippen LogP) is 2.75. The van der Waals surface area contributed by atoms with Crippen LogP contribution in [0.3, 0.4) is 0 Å². The lowest BCUT2D eigenvalue weighted by Crippen LogP contribution is -2.13. The van der Waals surface area contributed by atoms with Crippen molar-refractivity contribution in [3.63, 3.8) is 0 Å². The minimum absolute atomic E-state index is 0.0467. The van der Waals surface area contributed by atoms with Crippen LogP contribution in [0.5, 0.6) is 5.75 Å². The number of rotatable bonds is 2. The van der Waals surface area contributed by atoms with E-state index in [9.17, 15) is 9.90 Å². The van der Waals surface area contributed by atoms with Gasteiger partial charge in [0.15, 0.2) is 5.75 Å². The molecule has 1 amide bonds. The van der Waals surface area contributed by atoms with Crippen LogP contribution in [0.15, 0.2) is 36.4 Å². The van der Waals surface area contributed by atoms with Crippen LogP contribution in [0.25, 0.3) is 0 Å². The number of aromatic hydroxyl groups is 1. The fourth-order valence-corrected chi connectivity index (χ4v) is 1.85. The Balaban J connectivity index is 2.29. The van der Waals surface area contributed by atoms with Crippen LogP contribution < -0.4 is 11.1 Å². The second-order valence-corrected chi connectivity index (χ2v) is 4.41. The van der Waals surface area contributed by atoms with Crippen LogP contribution in [0.2, 0.25) is 5.02 Å². The Hall–Kier alpha value is -2.71. The number of hydrogen-bond acceptors (Lipinski definition) is 4. The number of halogens is 1. The Morgan fingerprint density at radius 1 is 1.35 bits per heavy atom. The molecule has 2 aromatic carbocycles. The third-order valence-electron chi connectivity index (χ3n) is 2.66. The normalized spacial score (nSPS) is 9.80. The molecule has 4 N–H and O–H groups in total. The first-order chi connectivity index (χ1) is 9.52. The minimum Gasteiger partial charge on any atom is -0.505 e. The van der Waals surface area contributed by atoms with Crippen molar-refractivity contribution in [1.82, 2.24) is 0 Å². The van der Waals surface area contributed by atoms with Crippen LogP contribution in [0.4, 0.5) is 11.4 Å². The van der Waals surface area contributed by atoms with Gasteiger partial charge in [-0.1, -0.05) is 17.7 Å². The molecule has 0 aromatic heterocycles. The van der Waals surface area contributed by atoms with E-state index in [1.165, 1.54) is 30.3 Å². The highest BCUT2D eigenvalue weighted by Crippen LogP contribution is 2.27. The largest absolute Gasteiger partial charge is 0.505 e. The van der Waals surface area contributed by atoms with Crippen LogP contribution in [-0.2, 0) is 0 Å². The number of nitrogens with zero attached hydrogens (tertiary/aromatic N) is 1. The van der Waals surface area contributed by atoms with Crippen LogP contribution in [0, 0.1) is 11.3 Å². The van der Waals surface area contributed by atoms with Gasteiger partial charge in [-0.15, -0.1) is 0 Å². The zero-order valence-corrected chi connectivity index (χ0v) is 11.0. The van der Waals surface area contributed by atoms with Crippen molar-refractivity contribution >= 4 is 28.9 Å². The van der Waals surface area contributed by atoms with Crippen molar-refractivity contribution in [3.05, 3.63) is 52.5 Å². The maximum Gasteiger partial charge on any atom is 0.259 e. The summed E-state index contributed by atoms with van der Waals surface area (Å²) in [6, 6.07) is 10.9. The number of hydrogen-bond donors (Lipinski definition) is 3. The molecule has 100 valence electrons. The minimum atomic E-state index is -0.540. The molecule has 0 unspecified atom stereocenters. The summed E-state index contributed by atoms with van der Waals surface area (Å²) in [5.74, 6) is -0.823. The molecule has 0 aliphatic rings. The number of phenolic OH excluding ortho intramolecular Hbond substituents is 1. The Morgan fingerprint density at radius 3 is 2.75 bits per heavy atom. The molecule has 20 heavy (non-hydrogen) atoms. The van der Waals surface area contributed by atoms with E-state index in [0.717, 1.165) is 0 Å². The molecule has 0 bridgehead atoms. The fourth-order valence-electron chi connectivity index (χ4n) is 1.62. The first-order valence-corrected chi connectivity index (χ1v) is 5.99. The van der Waals surface area contributed by atoms with Crippen molar-refractivity contribution in [1.29, 1.82) is 5.26 Å². The van der Waals surface area contributed by atoms with Gasteiger partial charge in [0.1, 0.15) is 0 Å². The Kier molecular flexibility index (Phi) is 3.78. The van der Waals surface area contributed by atoms with E-state index in [1.54, 1.807) is 6.07 Å². The van der Waals surface area contributed by atoms with Crippen molar-refractivity contribution in [2.24, 2.45) is 0 Å². The number of benzene rings is 2. The molecule has 0 atom stereocenters. The van der Waals surface area contributed by atoms with Gasteiger partial charge in [-0.25, -0.2) is 0 Å². The summed E-state index contributed by atoms with van der Waals surface area (Å²) >= 11 is 5.96. The highest BCUT2D eigenvalue weighted by molar-refractivity contribution is 6.34. The molecule has 2 aromatic rings. The van der Waals surface area contributed by atoms with Gasteiger partial charge in [-0.05, 0) is 30.3 Å². The van der Waals surface area contributed by atoms with E-state index in [2.05, 4.69) is 5.32 Å². The van der Waals surface area contributed by atoms with Gasteiger partial charge in [0.2, 0.25) is 0 Å². The quantitative estimate of drug-likeness (QED) is 0.584. The summed E-state index contributed by atoms with van der Waals surface area (Å²) in [7, 11) is 0. The zero-order chi connectivity index (χ0) is 14.7. The Bertz CT molecular complexity index is 723. The molecule has 0 aliphatic carbocycles. The van der Waals surface area contributed by atoms with Gasteiger partial charge < -0.3 is 16.2 Å². The molecule has 5 nitrogen and oxygen atoms in total. The third kappa shape index (κ3) is 2.66. The molecule has 2 rings (SSSR count). The topological polar surface area (TPSA) is 99.1 Å². The summed E-state index contributed by atoms with van der Waals surface area (Å²) in [5, 5.41) is 21.3. The van der Waals surface area contributed by atoms with Gasteiger partial charge >= 0.3 is 0 Å². The Morgan fingerprint density at radius 2 is 2.10 bits per heavy atom. The number of nitrogens with one attached hydrogen (secondary N) is 1. The van der Waals surface area contributed by atoms with Crippen LogP contribution in [0.1, 0.15) is 15.9 Å². The standard InChI is InChI=1S/C14H10ClN3O2/c15-10-6-8(7-16)4-5-12(10)18-14(20)9-2-1-3-11(17)13(9)19/h1-6,19H,17H2,(H,18,20). The van der Waals surface area contributed by atoms with E-state index in [4.69, 9.17) is 22.6 Å². The van der Waals surface area contributed by atoms with Gasteiger partial charge in [-0.3, -0.25) is 4.79 Å². The summed E-state index contributed by atoms with van der Waals surface area (Å²) < 4.78 is 0.